The fourth-order valence-corrected chi connectivity index (χ4v) is 0.966. The summed E-state index contributed by atoms with van der Waals surface area (Å²) in [5.74, 6) is -0.398. The lowest BCUT2D eigenvalue weighted by Crippen LogP contribution is -2.29. The van der Waals surface area contributed by atoms with E-state index in [2.05, 4.69) is 13.8 Å². The fourth-order valence-electron chi connectivity index (χ4n) is 0.966. The highest BCUT2D eigenvalue weighted by molar-refractivity contribution is 4.53. The minimum atomic E-state index is -0.398. The van der Waals surface area contributed by atoms with E-state index in [4.69, 9.17) is 9.47 Å². The van der Waals surface area contributed by atoms with Crippen molar-refractivity contribution in [1.29, 1.82) is 0 Å². The summed E-state index contributed by atoms with van der Waals surface area (Å²) in [6.07, 6.45) is 4.57. The lowest BCUT2D eigenvalue weighted by atomic mass is 10.3. The summed E-state index contributed by atoms with van der Waals surface area (Å²) in [5.41, 5.74) is 0. The third-order valence-electron chi connectivity index (χ3n) is 1.90. The molecule has 0 aromatic rings. The van der Waals surface area contributed by atoms with Crippen LogP contribution in [0.15, 0.2) is 0 Å². The zero-order chi connectivity index (χ0) is 10.2. The summed E-state index contributed by atoms with van der Waals surface area (Å²) in [4.78, 5) is 0. The van der Waals surface area contributed by atoms with Gasteiger partial charge in [0.1, 0.15) is 0 Å². The van der Waals surface area contributed by atoms with Gasteiger partial charge in [-0.1, -0.05) is 26.7 Å². The molecule has 0 bridgehead atoms. The topological polar surface area (TPSA) is 18.5 Å². The normalized spacial score (nSPS) is 12.0. The predicted molar refractivity (Wildman–Crippen MR) is 55.8 cm³/mol. The zero-order valence-corrected chi connectivity index (χ0v) is 9.56. The van der Waals surface area contributed by atoms with Crippen molar-refractivity contribution in [2.45, 2.75) is 59.2 Å². The summed E-state index contributed by atoms with van der Waals surface area (Å²) < 4.78 is 11.2. The molecule has 0 unspecified atom stereocenters. The molecule has 0 aliphatic heterocycles. The third kappa shape index (κ3) is 8.26. The van der Waals surface area contributed by atoms with Gasteiger partial charge in [0.05, 0.1) is 0 Å². The Morgan fingerprint density at radius 2 is 1.23 bits per heavy atom. The molecule has 0 aliphatic rings. The summed E-state index contributed by atoms with van der Waals surface area (Å²) in [5, 5.41) is 0. The highest BCUT2D eigenvalue weighted by Gasteiger charge is 2.17. The molecule has 0 spiro atoms. The number of hydrogen-bond acceptors (Lipinski definition) is 2. The van der Waals surface area contributed by atoms with Crippen molar-refractivity contribution in [3.05, 3.63) is 0 Å². The third-order valence-corrected chi connectivity index (χ3v) is 1.90. The van der Waals surface area contributed by atoms with E-state index in [1.807, 2.05) is 13.8 Å². The van der Waals surface area contributed by atoms with Gasteiger partial charge >= 0.3 is 0 Å². The molecule has 0 aromatic carbocycles. The second-order valence-corrected chi connectivity index (χ2v) is 3.80. The van der Waals surface area contributed by atoms with E-state index in [1.54, 1.807) is 0 Å². The van der Waals surface area contributed by atoms with E-state index in [0.29, 0.717) is 0 Å². The molecule has 0 amide bonds. The van der Waals surface area contributed by atoms with Gasteiger partial charge in [0, 0.05) is 13.2 Å². The van der Waals surface area contributed by atoms with Gasteiger partial charge < -0.3 is 9.47 Å². The van der Waals surface area contributed by atoms with Crippen molar-refractivity contribution >= 4 is 0 Å². The highest BCUT2D eigenvalue weighted by Crippen LogP contribution is 2.12. The predicted octanol–water partition coefficient (Wildman–Crippen LogP) is 3.36. The Labute approximate surface area is 82.6 Å². The van der Waals surface area contributed by atoms with Gasteiger partial charge in [-0.3, -0.25) is 0 Å². The Bertz CT molecular complexity index is 98.7. The van der Waals surface area contributed by atoms with Crippen LogP contribution < -0.4 is 0 Å². The maximum absolute atomic E-state index is 5.59. The van der Waals surface area contributed by atoms with Crippen molar-refractivity contribution in [3.63, 3.8) is 0 Å². The van der Waals surface area contributed by atoms with Crippen LogP contribution in [0.25, 0.3) is 0 Å². The standard InChI is InChI=1S/C11H24O2/c1-5-7-9-12-11(3,4)13-10-8-6-2/h5-10H2,1-4H3. The van der Waals surface area contributed by atoms with Crippen molar-refractivity contribution in [2.75, 3.05) is 13.2 Å². The molecule has 2 nitrogen and oxygen atoms in total. The Hall–Kier alpha value is -0.0800. The number of rotatable bonds is 8. The molecule has 0 atom stereocenters. The lowest BCUT2D eigenvalue weighted by molar-refractivity contribution is -0.214. The van der Waals surface area contributed by atoms with Crippen molar-refractivity contribution in [3.8, 4) is 0 Å². The van der Waals surface area contributed by atoms with E-state index in [9.17, 15) is 0 Å². The van der Waals surface area contributed by atoms with Gasteiger partial charge in [0.25, 0.3) is 0 Å². The van der Waals surface area contributed by atoms with E-state index < -0.39 is 5.79 Å². The quantitative estimate of drug-likeness (QED) is 0.429. The van der Waals surface area contributed by atoms with Crippen LogP contribution in [-0.2, 0) is 9.47 Å². The van der Waals surface area contributed by atoms with Crippen molar-refractivity contribution in [2.24, 2.45) is 0 Å². The molecule has 0 N–H and O–H groups in total. The van der Waals surface area contributed by atoms with E-state index in [-0.39, 0.29) is 0 Å². The van der Waals surface area contributed by atoms with Crippen LogP contribution in [0.3, 0.4) is 0 Å². The SMILES string of the molecule is CCCCOC(C)(C)OCCCC. The first-order chi connectivity index (χ1) is 6.12. The Kier molecular flexibility index (Phi) is 7.29. The zero-order valence-electron chi connectivity index (χ0n) is 9.56. The Morgan fingerprint density at radius 3 is 1.54 bits per heavy atom. The van der Waals surface area contributed by atoms with Crippen molar-refractivity contribution in [1.82, 2.24) is 0 Å². The van der Waals surface area contributed by atoms with Crippen LogP contribution in [0, 0.1) is 0 Å². The maximum Gasteiger partial charge on any atom is 0.162 e. The van der Waals surface area contributed by atoms with Gasteiger partial charge in [-0.25, -0.2) is 0 Å². The summed E-state index contributed by atoms with van der Waals surface area (Å²) in [7, 11) is 0. The maximum atomic E-state index is 5.59. The lowest BCUT2D eigenvalue weighted by Gasteiger charge is -2.25. The first-order valence-corrected chi connectivity index (χ1v) is 5.40. The molecule has 0 rings (SSSR count). The van der Waals surface area contributed by atoms with Gasteiger partial charge in [0.2, 0.25) is 0 Å². The molecule has 0 saturated carbocycles. The monoisotopic (exact) mass is 188 g/mol. The van der Waals surface area contributed by atoms with E-state index in [1.165, 1.54) is 12.8 Å². The summed E-state index contributed by atoms with van der Waals surface area (Å²) >= 11 is 0. The fraction of sp³-hybridized carbons (Fsp3) is 1.00. The van der Waals surface area contributed by atoms with E-state index in [0.717, 1.165) is 26.1 Å². The molecule has 0 aliphatic carbocycles. The second kappa shape index (κ2) is 7.34. The van der Waals surface area contributed by atoms with Crippen LogP contribution in [0.2, 0.25) is 0 Å². The highest BCUT2D eigenvalue weighted by atomic mass is 16.7. The first-order valence-electron chi connectivity index (χ1n) is 5.40. The van der Waals surface area contributed by atoms with E-state index >= 15 is 0 Å². The van der Waals surface area contributed by atoms with Crippen LogP contribution in [0.1, 0.15) is 53.4 Å². The number of ether oxygens (including phenoxy) is 2. The molecule has 0 fully saturated rings. The van der Waals surface area contributed by atoms with Crippen molar-refractivity contribution < 1.29 is 9.47 Å². The molecule has 2 heteroatoms. The van der Waals surface area contributed by atoms with Gasteiger partial charge in [-0.2, -0.15) is 0 Å². The molecule has 0 aromatic heterocycles. The summed E-state index contributed by atoms with van der Waals surface area (Å²) in [6, 6.07) is 0. The van der Waals surface area contributed by atoms with Gasteiger partial charge in [0.15, 0.2) is 5.79 Å². The number of unbranched alkanes of at least 4 members (excludes halogenated alkanes) is 2. The van der Waals surface area contributed by atoms with Crippen LogP contribution >= 0.6 is 0 Å². The number of hydrogen-bond donors (Lipinski definition) is 0. The van der Waals surface area contributed by atoms with Crippen LogP contribution in [0.5, 0.6) is 0 Å². The van der Waals surface area contributed by atoms with Crippen LogP contribution in [-0.4, -0.2) is 19.0 Å². The molecule has 0 saturated heterocycles. The molecule has 0 radical (unpaired) electrons. The average Bonchev–Trinajstić information content (AvgIpc) is 2.05. The minimum Gasteiger partial charge on any atom is -0.351 e. The molecular formula is C11H24O2. The Morgan fingerprint density at radius 1 is 0.846 bits per heavy atom. The largest absolute Gasteiger partial charge is 0.351 e. The van der Waals surface area contributed by atoms with Gasteiger partial charge in [-0.15, -0.1) is 0 Å². The smallest absolute Gasteiger partial charge is 0.162 e. The first kappa shape index (κ1) is 12.9. The van der Waals surface area contributed by atoms with Gasteiger partial charge in [-0.05, 0) is 26.7 Å². The second-order valence-electron chi connectivity index (χ2n) is 3.80. The Balaban J connectivity index is 3.42. The van der Waals surface area contributed by atoms with Crippen LogP contribution in [0.4, 0.5) is 0 Å². The summed E-state index contributed by atoms with van der Waals surface area (Å²) in [6.45, 7) is 9.89. The molecule has 80 valence electrons. The molecular weight excluding hydrogens is 164 g/mol. The minimum absolute atomic E-state index is 0.398. The molecule has 13 heavy (non-hydrogen) atoms. The average molecular weight is 188 g/mol. The molecule has 0 heterocycles.